The van der Waals surface area contributed by atoms with Crippen LogP contribution in [0.1, 0.15) is 16.7 Å². The molecule has 0 saturated carbocycles. The molecule has 0 unspecified atom stereocenters. The summed E-state index contributed by atoms with van der Waals surface area (Å²) in [5, 5.41) is 0. The standard InChI is InChI=1S/C21H17FN2O/c22-15-7-8-18-16-5-1-2-6-17(16)19(20(18)13-15)12-14-4-3-10-24-21(14)25-11-9-23/h1-8,10,12-13H,9,11,23H2/b19-12+. The molecule has 25 heavy (non-hydrogen) atoms. The SMILES string of the molecule is NCCOc1ncccc1/C=C1\c2ccccc2-c2ccc(F)cc21. The summed E-state index contributed by atoms with van der Waals surface area (Å²) in [6.07, 6.45) is 3.69. The van der Waals surface area contributed by atoms with Crippen molar-refractivity contribution in [1.82, 2.24) is 4.98 Å². The van der Waals surface area contributed by atoms with Gasteiger partial charge >= 0.3 is 0 Å². The quantitative estimate of drug-likeness (QED) is 0.611. The number of fused-ring (bicyclic) bond motifs is 3. The molecule has 0 bridgehead atoms. The van der Waals surface area contributed by atoms with Gasteiger partial charge in [0.15, 0.2) is 0 Å². The van der Waals surface area contributed by atoms with Gasteiger partial charge in [0.2, 0.25) is 5.88 Å². The zero-order valence-corrected chi connectivity index (χ0v) is 13.6. The fraction of sp³-hybridized carbons (Fsp3) is 0.0952. The van der Waals surface area contributed by atoms with Crippen LogP contribution in [-0.2, 0) is 0 Å². The van der Waals surface area contributed by atoms with Crippen LogP contribution in [-0.4, -0.2) is 18.1 Å². The molecule has 0 fully saturated rings. The number of ether oxygens (including phenoxy) is 1. The lowest BCUT2D eigenvalue weighted by Crippen LogP contribution is -2.11. The fourth-order valence-electron chi connectivity index (χ4n) is 3.17. The van der Waals surface area contributed by atoms with Gasteiger partial charge in [-0.2, -0.15) is 0 Å². The van der Waals surface area contributed by atoms with Crippen LogP contribution in [0.15, 0.2) is 60.8 Å². The van der Waals surface area contributed by atoms with Gasteiger partial charge in [-0.15, -0.1) is 0 Å². The Morgan fingerprint density at radius 1 is 0.960 bits per heavy atom. The molecule has 0 spiro atoms. The van der Waals surface area contributed by atoms with E-state index in [1.54, 1.807) is 12.3 Å². The van der Waals surface area contributed by atoms with Crippen LogP contribution in [0.25, 0.3) is 22.8 Å². The Bertz CT molecular complexity index is 966. The molecule has 4 heteroatoms. The summed E-state index contributed by atoms with van der Waals surface area (Å²) in [7, 11) is 0. The molecule has 3 nitrogen and oxygen atoms in total. The van der Waals surface area contributed by atoms with Crippen LogP contribution < -0.4 is 10.5 Å². The first kappa shape index (κ1) is 15.5. The highest BCUT2D eigenvalue weighted by Crippen LogP contribution is 2.45. The van der Waals surface area contributed by atoms with Gasteiger partial charge in [-0.25, -0.2) is 9.37 Å². The number of rotatable bonds is 4. The third-order valence-corrected chi connectivity index (χ3v) is 4.24. The summed E-state index contributed by atoms with van der Waals surface area (Å²) in [5.41, 5.74) is 11.4. The first-order chi connectivity index (χ1) is 12.3. The monoisotopic (exact) mass is 332 g/mol. The Morgan fingerprint density at radius 3 is 2.60 bits per heavy atom. The van der Waals surface area contributed by atoms with E-state index in [0.29, 0.717) is 19.0 Å². The number of nitrogens with zero attached hydrogens (tertiary/aromatic N) is 1. The maximum absolute atomic E-state index is 13.9. The molecule has 2 N–H and O–H groups in total. The Morgan fingerprint density at radius 2 is 1.76 bits per heavy atom. The third-order valence-electron chi connectivity index (χ3n) is 4.24. The third kappa shape index (κ3) is 2.81. The highest BCUT2D eigenvalue weighted by molar-refractivity contribution is 6.06. The van der Waals surface area contributed by atoms with Gasteiger partial charge in [0.1, 0.15) is 12.4 Å². The van der Waals surface area contributed by atoms with E-state index in [-0.39, 0.29) is 5.82 Å². The highest BCUT2D eigenvalue weighted by Gasteiger charge is 2.23. The van der Waals surface area contributed by atoms with Crippen LogP contribution in [0.2, 0.25) is 0 Å². The number of hydrogen-bond donors (Lipinski definition) is 1. The molecule has 3 aromatic rings. The average Bonchev–Trinajstić information content (AvgIpc) is 2.94. The van der Waals surface area contributed by atoms with E-state index in [2.05, 4.69) is 17.1 Å². The van der Waals surface area contributed by atoms with E-state index in [4.69, 9.17) is 10.5 Å². The van der Waals surface area contributed by atoms with Crippen LogP contribution in [0.3, 0.4) is 0 Å². The highest BCUT2D eigenvalue weighted by atomic mass is 19.1. The maximum Gasteiger partial charge on any atom is 0.220 e. The van der Waals surface area contributed by atoms with Crippen molar-refractivity contribution in [3.63, 3.8) is 0 Å². The Hall–Kier alpha value is -2.98. The molecular formula is C21H17FN2O. The maximum atomic E-state index is 13.9. The number of hydrogen-bond acceptors (Lipinski definition) is 3. The van der Waals surface area contributed by atoms with Gasteiger partial charge < -0.3 is 10.5 Å². The number of pyridine rings is 1. The lowest BCUT2D eigenvalue weighted by molar-refractivity contribution is 0.315. The second kappa shape index (κ2) is 6.49. The molecule has 1 heterocycles. The molecule has 0 radical (unpaired) electrons. The second-order valence-corrected chi connectivity index (χ2v) is 5.83. The summed E-state index contributed by atoms with van der Waals surface area (Å²) in [6.45, 7) is 0.818. The van der Waals surface area contributed by atoms with Crippen molar-refractivity contribution in [3.05, 3.63) is 83.3 Å². The van der Waals surface area contributed by atoms with Crippen LogP contribution in [0.5, 0.6) is 5.88 Å². The Balaban J connectivity index is 1.89. The summed E-state index contributed by atoms with van der Waals surface area (Å²) in [4.78, 5) is 4.29. The molecule has 1 aliphatic rings. The Labute approximate surface area is 145 Å². The number of benzene rings is 2. The minimum absolute atomic E-state index is 0.247. The van der Waals surface area contributed by atoms with Gasteiger partial charge in [-0.05, 0) is 58.2 Å². The first-order valence-corrected chi connectivity index (χ1v) is 8.17. The predicted octanol–water partition coefficient (Wildman–Crippen LogP) is 4.13. The average molecular weight is 332 g/mol. The molecule has 4 rings (SSSR count). The minimum Gasteiger partial charge on any atom is -0.476 e. The van der Waals surface area contributed by atoms with E-state index in [1.807, 2.05) is 36.4 Å². The van der Waals surface area contributed by atoms with Crippen molar-refractivity contribution in [1.29, 1.82) is 0 Å². The van der Waals surface area contributed by atoms with Crippen molar-refractivity contribution in [2.45, 2.75) is 0 Å². The smallest absolute Gasteiger partial charge is 0.220 e. The topological polar surface area (TPSA) is 48.1 Å². The summed E-state index contributed by atoms with van der Waals surface area (Å²) < 4.78 is 19.5. The number of nitrogens with two attached hydrogens (primary N) is 1. The van der Waals surface area contributed by atoms with Gasteiger partial charge in [-0.1, -0.05) is 30.3 Å². The summed E-state index contributed by atoms with van der Waals surface area (Å²) in [6, 6.07) is 16.8. The largest absolute Gasteiger partial charge is 0.476 e. The zero-order valence-electron chi connectivity index (χ0n) is 13.6. The number of aromatic nitrogens is 1. The lowest BCUT2D eigenvalue weighted by Gasteiger charge is -2.08. The van der Waals surface area contributed by atoms with E-state index in [9.17, 15) is 4.39 Å². The molecule has 2 aromatic carbocycles. The molecule has 0 saturated heterocycles. The molecule has 1 aliphatic carbocycles. The predicted molar refractivity (Wildman–Crippen MR) is 97.6 cm³/mol. The van der Waals surface area contributed by atoms with E-state index < -0.39 is 0 Å². The van der Waals surface area contributed by atoms with E-state index in [0.717, 1.165) is 33.4 Å². The molecule has 0 aliphatic heterocycles. The van der Waals surface area contributed by atoms with E-state index in [1.165, 1.54) is 6.07 Å². The van der Waals surface area contributed by atoms with Crippen molar-refractivity contribution in [3.8, 4) is 17.0 Å². The van der Waals surface area contributed by atoms with Crippen molar-refractivity contribution in [2.75, 3.05) is 13.2 Å². The fourth-order valence-corrected chi connectivity index (χ4v) is 3.17. The molecule has 124 valence electrons. The normalized spacial score (nSPS) is 13.6. The van der Waals surface area contributed by atoms with Crippen molar-refractivity contribution in [2.24, 2.45) is 5.73 Å². The van der Waals surface area contributed by atoms with E-state index >= 15 is 0 Å². The van der Waals surface area contributed by atoms with Crippen molar-refractivity contribution >= 4 is 11.6 Å². The van der Waals surface area contributed by atoms with Gasteiger partial charge in [0, 0.05) is 18.3 Å². The van der Waals surface area contributed by atoms with Gasteiger partial charge in [0.25, 0.3) is 0 Å². The van der Waals surface area contributed by atoms with Crippen LogP contribution >= 0.6 is 0 Å². The zero-order chi connectivity index (χ0) is 17.2. The minimum atomic E-state index is -0.247. The lowest BCUT2D eigenvalue weighted by atomic mass is 10.0. The van der Waals surface area contributed by atoms with Gasteiger partial charge in [0.05, 0.1) is 0 Å². The van der Waals surface area contributed by atoms with Gasteiger partial charge in [-0.3, -0.25) is 0 Å². The summed E-state index contributed by atoms with van der Waals surface area (Å²) in [5.74, 6) is 0.283. The van der Waals surface area contributed by atoms with Crippen molar-refractivity contribution < 1.29 is 9.13 Å². The van der Waals surface area contributed by atoms with Crippen LogP contribution in [0.4, 0.5) is 4.39 Å². The Kier molecular flexibility index (Phi) is 4.04. The number of halogens is 1. The molecule has 0 amide bonds. The second-order valence-electron chi connectivity index (χ2n) is 5.83. The molecule has 0 atom stereocenters. The van der Waals surface area contributed by atoms with Crippen LogP contribution in [0, 0.1) is 5.82 Å². The summed E-state index contributed by atoms with van der Waals surface area (Å²) >= 11 is 0. The molecule has 1 aromatic heterocycles. The molecular weight excluding hydrogens is 315 g/mol. The first-order valence-electron chi connectivity index (χ1n) is 8.17.